The van der Waals surface area contributed by atoms with E-state index < -0.39 is 0 Å². The van der Waals surface area contributed by atoms with E-state index in [2.05, 4.69) is 10.00 Å². The van der Waals surface area contributed by atoms with Crippen molar-refractivity contribution in [3.63, 3.8) is 0 Å². The van der Waals surface area contributed by atoms with Crippen LogP contribution in [0.15, 0.2) is 12.3 Å². The number of aryl methyl sites for hydroxylation is 1. The first kappa shape index (κ1) is 8.72. The van der Waals surface area contributed by atoms with Crippen molar-refractivity contribution >= 4 is 0 Å². The zero-order chi connectivity index (χ0) is 9.26. The molecule has 0 aliphatic carbocycles. The van der Waals surface area contributed by atoms with Crippen molar-refractivity contribution in [2.75, 3.05) is 19.6 Å². The van der Waals surface area contributed by atoms with Gasteiger partial charge in [-0.25, -0.2) is 0 Å². The Morgan fingerprint density at radius 2 is 2.38 bits per heavy atom. The minimum Gasteiger partial charge on any atom is -0.390 e. The standard InChI is InChI=1S/C9H15N3O/c1-11-8(2-4-10-11)3-5-12-6-9(13)7-12/h2,4,9,13H,3,5-7H2,1H3. The fourth-order valence-electron chi connectivity index (χ4n) is 1.64. The molecule has 1 saturated heterocycles. The van der Waals surface area contributed by atoms with E-state index in [4.69, 9.17) is 5.11 Å². The van der Waals surface area contributed by atoms with Crippen LogP contribution in [0.1, 0.15) is 5.69 Å². The van der Waals surface area contributed by atoms with Gasteiger partial charge in [0.1, 0.15) is 0 Å². The zero-order valence-corrected chi connectivity index (χ0v) is 7.85. The molecule has 72 valence electrons. The van der Waals surface area contributed by atoms with E-state index in [9.17, 15) is 0 Å². The topological polar surface area (TPSA) is 41.3 Å². The number of nitrogens with zero attached hydrogens (tertiary/aromatic N) is 3. The van der Waals surface area contributed by atoms with Crippen LogP contribution >= 0.6 is 0 Å². The summed E-state index contributed by atoms with van der Waals surface area (Å²) in [6.45, 7) is 2.69. The number of β-amino-alcohol motifs (C(OH)–C–C–N with tert-alkyl or cyclic N) is 1. The zero-order valence-electron chi connectivity index (χ0n) is 7.85. The van der Waals surface area contributed by atoms with Crippen LogP contribution in [0.25, 0.3) is 0 Å². The quantitative estimate of drug-likeness (QED) is 0.692. The summed E-state index contributed by atoms with van der Waals surface area (Å²) in [5, 5.41) is 13.2. The molecule has 0 radical (unpaired) electrons. The molecular formula is C9H15N3O. The van der Waals surface area contributed by atoms with Crippen molar-refractivity contribution < 1.29 is 5.11 Å². The second kappa shape index (κ2) is 3.47. The second-order valence-electron chi connectivity index (χ2n) is 3.61. The highest BCUT2D eigenvalue weighted by molar-refractivity contribution is 5.00. The second-order valence-corrected chi connectivity index (χ2v) is 3.61. The molecule has 1 aliphatic heterocycles. The van der Waals surface area contributed by atoms with Crippen LogP contribution in [0, 0.1) is 0 Å². The van der Waals surface area contributed by atoms with E-state index in [0.717, 1.165) is 26.1 Å². The van der Waals surface area contributed by atoms with Crippen molar-refractivity contribution in [2.24, 2.45) is 7.05 Å². The van der Waals surface area contributed by atoms with Gasteiger partial charge in [-0.2, -0.15) is 5.10 Å². The normalized spacial score (nSPS) is 18.9. The molecule has 13 heavy (non-hydrogen) atoms. The van der Waals surface area contributed by atoms with Crippen molar-refractivity contribution in [1.82, 2.24) is 14.7 Å². The largest absolute Gasteiger partial charge is 0.390 e. The monoisotopic (exact) mass is 181 g/mol. The van der Waals surface area contributed by atoms with Gasteiger partial charge in [0.15, 0.2) is 0 Å². The molecule has 0 amide bonds. The Balaban J connectivity index is 1.77. The summed E-state index contributed by atoms with van der Waals surface area (Å²) in [5.41, 5.74) is 1.25. The molecule has 1 aromatic heterocycles. The number of hydrogen-bond donors (Lipinski definition) is 1. The molecule has 0 aromatic carbocycles. The summed E-state index contributed by atoms with van der Waals surface area (Å²) in [6.07, 6.45) is 2.75. The van der Waals surface area contributed by atoms with Gasteiger partial charge in [-0.15, -0.1) is 0 Å². The first-order chi connectivity index (χ1) is 6.25. The highest BCUT2D eigenvalue weighted by Crippen LogP contribution is 2.08. The van der Waals surface area contributed by atoms with Gasteiger partial charge in [-0.05, 0) is 6.07 Å². The average molecular weight is 181 g/mol. The van der Waals surface area contributed by atoms with E-state index in [-0.39, 0.29) is 6.10 Å². The van der Waals surface area contributed by atoms with E-state index in [1.54, 1.807) is 0 Å². The van der Waals surface area contributed by atoms with Crippen LogP contribution in [0.5, 0.6) is 0 Å². The maximum absolute atomic E-state index is 9.07. The van der Waals surface area contributed by atoms with E-state index in [1.165, 1.54) is 5.69 Å². The van der Waals surface area contributed by atoms with Crippen LogP contribution in [0.4, 0.5) is 0 Å². The summed E-state index contributed by atoms with van der Waals surface area (Å²) in [4.78, 5) is 2.25. The molecule has 4 heteroatoms. The van der Waals surface area contributed by atoms with Gasteiger partial charge in [-0.3, -0.25) is 9.58 Å². The lowest BCUT2D eigenvalue weighted by atomic mass is 10.1. The smallest absolute Gasteiger partial charge is 0.0793 e. The third-order valence-electron chi connectivity index (χ3n) is 2.54. The van der Waals surface area contributed by atoms with Gasteiger partial charge in [0, 0.05) is 45.0 Å². The van der Waals surface area contributed by atoms with Gasteiger partial charge in [0.2, 0.25) is 0 Å². The molecule has 4 nitrogen and oxygen atoms in total. The average Bonchev–Trinajstić information content (AvgIpc) is 2.43. The van der Waals surface area contributed by atoms with Gasteiger partial charge < -0.3 is 5.11 Å². The van der Waals surface area contributed by atoms with E-state index >= 15 is 0 Å². The lowest BCUT2D eigenvalue weighted by Gasteiger charge is -2.35. The number of likely N-dealkylation sites (tertiary alicyclic amines) is 1. The molecular weight excluding hydrogens is 166 g/mol. The lowest BCUT2D eigenvalue weighted by molar-refractivity contribution is 0.00287. The minimum absolute atomic E-state index is 0.0912. The predicted octanol–water partition coefficient (Wildman–Crippen LogP) is -0.361. The predicted molar refractivity (Wildman–Crippen MR) is 49.4 cm³/mol. The number of aliphatic hydroxyl groups is 1. The number of aliphatic hydroxyl groups excluding tert-OH is 1. The minimum atomic E-state index is -0.0912. The van der Waals surface area contributed by atoms with Crippen LogP contribution < -0.4 is 0 Å². The third kappa shape index (κ3) is 1.89. The van der Waals surface area contributed by atoms with Crippen molar-refractivity contribution in [2.45, 2.75) is 12.5 Å². The molecule has 1 aromatic rings. The van der Waals surface area contributed by atoms with Crippen LogP contribution in [0.3, 0.4) is 0 Å². The highest BCUT2D eigenvalue weighted by Gasteiger charge is 2.23. The summed E-state index contributed by atoms with van der Waals surface area (Å²) in [7, 11) is 1.96. The molecule has 2 rings (SSSR count). The molecule has 1 aliphatic rings. The Morgan fingerprint density at radius 1 is 1.62 bits per heavy atom. The fourth-order valence-corrected chi connectivity index (χ4v) is 1.64. The van der Waals surface area contributed by atoms with Gasteiger partial charge in [0.05, 0.1) is 6.10 Å². The van der Waals surface area contributed by atoms with E-state index in [0.29, 0.717) is 0 Å². The third-order valence-corrected chi connectivity index (χ3v) is 2.54. The van der Waals surface area contributed by atoms with Gasteiger partial charge >= 0.3 is 0 Å². The molecule has 0 atom stereocenters. The van der Waals surface area contributed by atoms with Crippen LogP contribution in [-0.4, -0.2) is 45.5 Å². The molecule has 1 fully saturated rings. The Morgan fingerprint density at radius 3 is 2.92 bits per heavy atom. The van der Waals surface area contributed by atoms with Crippen molar-refractivity contribution in [3.05, 3.63) is 18.0 Å². The Labute approximate surface area is 77.8 Å². The fraction of sp³-hybridized carbons (Fsp3) is 0.667. The summed E-state index contributed by atoms with van der Waals surface area (Å²) < 4.78 is 1.90. The first-order valence-corrected chi connectivity index (χ1v) is 4.63. The highest BCUT2D eigenvalue weighted by atomic mass is 16.3. The SMILES string of the molecule is Cn1nccc1CCN1CC(O)C1. The Hall–Kier alpha value is -0.870. The van der Waals surface area contributed by atoms with E-state index in [1.807, 2.05) is 24.0 Å². The summed E-state index contributed by atoms with van der Waals surface area (Å²) >= 11 is 0. The summed E-state index contributed by atoms with van der Waals surface area (Å²) in [5.74, 6) is 0. The molecule has 2 heterocycles. The van der Waals surface area contributed by atoms with Gasteiger partial charge in [0.25, 0.3) is 0 Å². The molecule has 0 spiro atoms. The Kier molecular flexibility index (Phi) is 2.33. The van der Waals surface area contributed by atoms with Crippen molar-refractivity contribution in [3.8, 4) is 0 Å². The van der Waals surface area contributed by atoms with Crippen LogP contribution in [0.2, 0.25) is 0 Å². The Bertz CT molecular complexity index is 278. The number of aromatic nitrogens is 2. The van der Waals surface area contributed by atoms with Crippen LogP contribution in [-0.2, 0) is 13.5 Å². The maximum Gasteiger partial charge on any atom is 0.0793 e. The molecule has 0 unspecified atom stereocenters. The van der Waals surface area contributed by atoms with Crippen molar-refractivity contribution in [1.29, 1.82) is 0 Å². The molecule has 0 bridgehead atoms. The lowest BCUT2D eigenvalue weighted by Crippen LogP contribution is -2.51. The number of hydrogen-bond acceptors (Lipinski definition) is 3. The molecule has 1 N–H and O–H groups in total. The number of rotatable bonds is 3. The molecule has 0 saturated carbocycles. The summed E-state index contributed by atoms with van der Waals surface area (Å²) in [6, 6.07) is 2.04. The first-order valence-electron chi connectivity index (χ1n) is 4.63. The maximum atomic E-state index is 9.07. The van der Waals surface area contributed by atoms with Gasteiger partial charge in [-0.1, -0.05) is 0 Å².